The molecule has 166 valence electrons. The first kappa shape index (κ1) is 20.4. The molecule has 7 nitrogen and oxygen atoms in total. The summed E-state index contributed by atoms with van der Waals surface area (Å²) >= 11 is 0. The first-order valence-electron chi connectivity index (χ1n) is 11.2. The number of esters is 2. The molecule has 1 saturated heterocycles. The Morgan fingerprint density at radius 3 is 2.63 bits per heavy atom. The minimum Gasteiger partial charge on any atom is -0.465 e. The lowest BCUT2D eigenvalue weighted by Crippen LogP contribution is -2.74. The Balaban J connectivity index is 1.75. The number of carbonyl (C=O) groups is 3. The van der Waals surface area contributed by atoms with Gasteiger partial charge >= 0.3 is 11.9 Å². The van der Waals surface area contributed by atoms with Crippen molar-refractivity contribution in [3.05, 3.63) is 0 Å². The van der Waals surface area contributed by atoms with Gasteiger partial charge in [-0.1, -0.05) is 13.3 Å². The molecule has 5 rings (SSSR count). The fourth-order valence-electron chi connectivity index (χ4n) is 8.68. The van der Waals surface area contributed by atoms with Crippen LogP contribution < -0.4 is 0 Å². The number of hydrogen-bond acceptors (Lipinski definition) is 7. The fraction of sp³-hybridized carbons (Fsp3) is 0.870. The zero-order chi connectivity index (χ0) is 21.6. The third-order valence-corrected chi connectivity index (χ3v) is 9.71. The third-order valence-electron chi connectivity index (χ3n) is 9.71. The number of cyclic esters (lactones) is 1. The summed E-state index contributed by atoms with van der Waals surface area (Å²) in [4.78, 5) is 38.8. The molecule has 0 amide bonds. The van der Waals surface area contributed by atoms with Crippen LogP contribution in [0.1, 0.15) is 52.9 Å². The van der Waals surface area contributed by atoms with Crippen LogP contribution in [0.25, 0.3) is 0 Å². The van der Waals surface area contributed by atoms with Gasteiger partial charge in [-0.3, -0.25) is 14.4 Å². The maximum absolute atomic E-state index is 13.8. The lowest BCUT2D eigenvalue weighted by molar-refractivity contribution is -0.288. The summed E-state index contributed by atoms with van der Waals surface area (Å²) in [6.07, 6.45) is 1.51. The lowest BCUT2D eigenvalue weighted by Gasteiger charge is -2.68. The van der Waals surface area contributed by atoms with E-state index in [1.54, 1.807) is 7.11 Å². The summed E-state index contributed by atoms with van der Waals surface area (Å²) in [7, 11) is 1.58. The van der Waals surface area contributed by atoms with Gasteiger partial charge in [-0.15, -0.1) is 0 Å². The molecule has 7 heteroatoms. The number of fused-ring (bicyclic) bond motifs is 1. The normalized spacial score (nSPS) is 54.1. The van der Waals surface area contributed by atoms with E-state index in [9.17, 15) is 19.5 Å². The molecule has 5 aliphatic rings. The van der Waals surface area contributed by atoms with Crippen molar-refractivity contribution in [1.29, 1.82) is 0 Å². The van der Waals surface area contributed by atoms with Gasteiger partial charge in [0.25, 0.3) is 0 Å². The Bertz CT molecular complexity index is 809. The van der Waals surface area contributed by atoms with Crippen LogP contribution in [0.2, 0.25) is 0 Å². The lowest BCUT2D eigenvalue weighted by atomic mass is 9.38. The summed E-state index contributed by atoms with van der Waals surface area (Å²) in [6, 6.07) is 0. The largest absolute Gasteiger partial charge is 0.465 e. The third kappa shape index (κ3) is 2.11. The number of rotatable bonds is 2. The number of Topliss-reactive ketones (excluding diaryl/α,β-unsaturated/α-hetero) is 1. The minimum atomic E-state index is -1.13. The Hall–Kier alpha value is -1.47. The Morgan fingerprint density at radius 1 is 1.23 bits per heavy atom. The maximum Gasteiger partial charge on any atom is 0.312 e. The maximum atomic E-state index is 13.8. The quantitative estimate of drug-likeness (QED) is 0.681. The van der Waals surface area contributed by atoms with Crippen molar-refractivity contribution < 1.29 is 33.7 Å². The number of hydrogen-bond donors (Lipinski definition) is 1. The zero-order valence-corrected chi connectivity index (χ0v) is 18.2. The Labute approximate surface area is 176 Å². The van der Waals surface area contributed by atoms with Crippen LogP contribution in [0.4, 0.5) is 0 Å². The second kappa shape index (κ2) is 6.28. The highest BCUT2D eigenvalue weighted by Crippen LogP contribution is 2.73. The van der Waals surface area contributed by atoms with E-state index in [-0.39, 0.29) is 42.1 Å². The summed E-state index contributed by atoms with van der Waals surface area (Å²) in [5.41, 5.74) is -2.28. The fourth-order valence-corrected chi connectivity index (χ4v) is 8.68. The first-order chi connectivity index (χ1) is 14.1. The van der Waals surface area contributed by atoms with Gasteiger partial charge in [0.05, 0.1) is 29.6 Å². The number of carbonyl (C=O) groups excluding carboxylic acids is 3. The molecule has 30 heavy (non-hydrogen) atoms. The molecule has 4 bridgehead atoms. The minimum absolute atomic E-state index is 0.0171. The zero-order valence-electron chi connectivity index (χ0n) is 18.2. The summed E-state index contributed by atoms with van der Waals surface area (Å²) in [5.74, 6) is -1.59. The number of ketones is 1. The topological polar surface area (TPSA) is 99.1 Å². The molecule has 0 aromatic carbocycles. The molecule has 4 saturated carbocycles. The second-order valence-corrected chi connectivity index (χ2v) is 10.6. The van der Waals surface area contributed by atoms with Gasteiger partial charge in [-0.05, 0) is 44.4 Å². The average molecular weight is 421 g/mol. The van der Waals surface area contributed by atoms with E-state index in [0.717, 1.165) is 19.3 Å². The van der Waals surface area contributed by atoms with E-state index in [4.69, 9.17) is 14.2 Å². The molecule has 5 fully saturated rings. The van der Waals surface area contributed by atoms with Crippen LogP contribution in [0, 0.1) is 39.9 Å². The van der Waals surface area contributed by atoms with Gasteiger partial charge in [0.1, 0.15) is 11.9 Å². The van der Waals surface area contributed by atoms with Crippen molar-refractivity contribution in [3.63, 3.8) is 0 Å². The number of aliphatic hydroxyl groups excluding tert-OH is 1. The molecule has 1 spiro atoms. The predicted molar refractivity (Wildman–Crippen MR) is 104 cm³/mol. The van der Waals surface area contributed by atoms with Crippen LogP contribution in [-0.2, 0) is 28.6 Å². The summed E-state index contributed by atoms with van der Waals surface area (Å²) in [5, 5.41) is 11.5. The van der Waals surface area contributed by atoms with Gasteiger partial charge in [-0.2, -0.15) is 0 Å². The van der Waals surface area contributed by atoms with E-state index in [1.165, 1.54) is 6.92 Å². The van der Waals surface area contributed by atoms with E-state index in [1.807, 2.05) is 13.8 Å². The van der Waals surface area contributed by atoms with Crippen LogP contribution in [0.5, 0.6) is 0 Å². The van der Waals surface area contributed by atoms with Crippen molar-refractivity contribution >= 4 is 17.7 Å². The molecule has 4 aliphatic carbocycles. The van der Waals surface area contributed by atoms with E-state index >= 15 is 0 Å². The van der Waals surface area contributed by atoms with Crippen LogP contribution in [0.3, 0.4) is 0 Å². The SMILES string of the molecule is CO[C@H]1C[C@H]2[C@@]3(CCC[C@@]2(C)C(=O)OC3)[C@@H]2[C@@H](OC(C)=O)C[C@@H]3[C@@H](O)[C@@]12C(=O)[C@@H]3C. The first-order valence-corrected chi connectivity index (χ1v) is 11.2. The molecule has 0 radical (unpaired) electrons. The Kier molecular flexibility index (Phi) is 4.28. The second-order valence-electron chi connectivity index (χ2n) is 10.6. The summed E-state index contributed by atoms with van der Waals surface area (Å²) in [6.45, 7) is 5.45. The molecule has 1 heterocycles. The van der Waals surface area contributed by atoms with Crippen LogP contribution in [-0.4, -0.2) is 54.9 Å². The van der Waals surface area contributed by atoms with Gasteiger partial charge in [0, 0.05) is 31.3 Å². The summed E-state index contributed by atoms with van der Waals surface area (Å²) < 4.78 is 17.6. The molecule has 10 atom stereocenters. The van der Waals surface area contributed by atoms with Gasteiger partial charge in [0.15, 0.2) is 0 Å². The van der Waals surface area contributed by atoms with Crippen molar-refractivity contribution in [2.45, 2.75) is 71.2 Å². The molecule has 0 unspecified atom stereocenters. The van der Waals surface area contributed by atoms with E-state index in [0.29, 0.717) is 12.8 Å². The highest BCUT2D eigenvalue weighted by atomic mass is 16.5. The molecule has 1 N–H and O–H groups in total. The van der Waals surface area contributed by atoms with Crippen molar-refractivity contribution in [2.24, 2.45) is 39.9 Å². The number of ether oxygens (including phenoxy) is 3. The highest BCUT2D eigenvalue weighted by Gasteiger charge is 2.80. The monoisotopic (exact) mass is 420 g/mol. The smallest absolute Gasteiger partial charge is 0.312 e. The van der Waals surface area contributed by atoms with Gasteiger partial charge in [0.2, 0.25) is 0 Å². The van der Waals surface area contributed by atoms with Gasteiger partial charge in [-0.25, -0.2) is 0 Å². The predicted octanol–water partition coefficient (Wildman–Crippen LogP) is 1.89. The molecule has 0 aromatic rings. The molecule has 0 aromatic heterocycles. The number of aliphatic hydroxyl groups is 1. The van der Waals surface area contributed by atoms with Crippen molar-refractivity contribution in [1.82, 2.24) is 0 Å². The molecular formula is C23H32O7. The van der Waals surface area contributed by atoms with Crippen molar-refractivity contribution in [2.75, 3.05) is 13.7 Å². The number of methoxy groups -OCH3 is 1. The van der Waals surface area contributed by atoms with E-state index < -0.39 is 40.5 Å². The van der Waals surface area contributed by atoms with Crippen LogP contribution >= 0.6 is 0 Å². The highest BCUT2D eigenvalue weighted by molar-refractivity contribution is 5.92. The van der Waals surface area contributed by atoms with Crippen LogP contribution in [0.15, 0.2) is 0 Å². The van der Waals surface area contributed by atoms with Crippen molar-refractivity contribution in [3.8, 4) is 0 Å². The standard InChI is InChI=1S/C23H32O7/c1-11-13-8-14(30-12(2)24)17-22-7-5-6-21(3,20(27)29-10-22)15(22)9-16(28-4)23(17,18(11)25)19(13)26/h11,13-17,19,26H,5-10H2,1-4H3/t11-,13+,14+,15-,16+,17+,19-,21-,22+,23+/m1/s1. The van der Waals surface area contributed by atoms with Gasteiger partial charge < -0.3 is 19.3 Å². The van der Waals surface area contributed by atoms with E-state index in [2.05, 4.69) is 0 Å². The average Bonchev–Trinajstić information content (AvgIpc) is 2.81. The molecular weight excluding hydrogens is 388 g/mol. The Morgan fingerprint density at radius 2 is 1.97 bits per heavy atom. The molecule has 1 aliphatic heterocycles.